The van der Waals surface area contributed by atoms with Crippen molar-refractivity contribution >= 4 is 5.78 Å². The van der Waals surface area contributed by atoms with Crippen molar-refractivity contribution in [1.82, 2.24) is 10.2 Å². The zero-order valence-electron chi connectivity index (χ0n) is 24.6. The van der Waals surface area contributed by atoms with E-state index in [2.05, 4.69) is 17.1 Å². The summed E-state index contributed by atoms with van der Waals surface area (Å²) < 4.78 is 34.3. The minimum Gasteiger partial charge on any atom is -0.490 e. The second-order valence-corrected chi connectivity index (χ2v) is 11.1. The van der Waals surface area contributed by atoms with E-state index >= 15 is 0 Å². The second kappa shape index (κ2) is 13.6. The first kappa shape index (κ1) is 30.7. The van der Waals surface area contributed by atoms with Gasteiger partial charge < -0.3 is 20.1 Å². The van der Waals surface area contributed by atoms with Gasteiger partial charge in [-0.05, 0) is 68.8 Å². The van der Waals surface area contributed by atoms with Crippen LogP contribution in [0.3, 0.4) is 0 Å². The molecule has 0 saturated carbocycles. The zero-order chi connectivity index (χ0) is 29.6. The monoisotopic (exact) mass is 564 g/mol. The molecular weight excluding hydrogens is 522 g/mol. The molecule has 0 aromatic heterocycles. The van der Waals surface area contributed by atoms with Crippen LogP contribution in [-0.2, 0) is 0 Å². The van der Waals surface area contributed by atoms with Gasteiger partial charge in [0.1, 0.15) is 18.5 Å². The van der Waals surface area contributed by atoms with Crippen molar-refractivity contribution in [2.75, 3.05) is 32.8 Å². The highest BCUT2D eigenvalue weighted by molar-refractivity contribution is 6.23. The third-order valence-electron chi connectivity index (χ3n) is 8.03. The summed E-state index contributed by atoms with van der Waals surface area (Å²) in [6.07, 6.45) is 6.77. The van der Waals surface area contributed by atoms with Gasteiger partial charge >= 0.3 is 0 Å². The third-order valence-corrected chi connectivity index (χ3v) is 8.03. The Morgan fingerprint density at radius 2 is 1.83 bits per heavy atom. The summed E-state index contributed by atoms with van der Waals surface area (Å²) in [5.74, 6) is -2.02. The molecule has 0 radical (unpaired) electrons. The summed E-state index contributed by atoms with van der Waals surface area (Å²) in [6.45, 7) is 9.59. The van der Waals surface area contributed by atoms with Crippen LogP contribution in [0.15, 0.2) is 77.5 Å². The van der Waals surface area contributed by atoms with Gasteiger partial charge in [0.15, 0.2) is 5.78 Å². The molecule has 41 heavy (non-hydrogen) atoms. The van der Waals surface area contributed by atoms with Crippen LogP contribution >= 0.6 is 0 Å². The molecular formula is C34H42F2N2O3. The summed E-state index contributed by atoms with van der Waals surface area (Å²) >= 11 is 0. The molecule has 1 saturated heterocycles. The average Bonchev–Trinajstić information content (AvgIpc) is 3.26. The summed E-state index contributed by atoms with van der Waals surface area (Å²) in [7, 11) is 0. The van der Waals surface area contributed by atoms with E-state index in [9.17, 15) is 18.7 Å². The molecule has 2 aromatic rings. The topological polar surface area (TPSA) is 61.8 Å². The molecule has 1 aliphatic carbocycles. The van der Waals surface area contributed by atoms with Crippen molar-refractivity contribution in [2.45, 2.75) is 59.0 Å². The minimum atomic E-state index is -2.90. The lowest BCUT2D eigenvalue weighted by Gasteiger charge is -2.36. The molecule has 2 aliphatic rings. The number of nitrogens with zero attached hydrogens (tertiary/aromatic N) is 1. The molecule has 0 bridgehead atoms. The zero-order valence-corrected chi connectivity index (χ0v) is 24.6. The number of piperidine rings is 1. The number of hydrogen-bond acceptors (Lipinski definition) is 5. The second-order valence-electron chi connectivity index (χ2n) is 11.1. The number of carbonyl (C=O) groups is 1. The Labute approximate surface area is 242 Å². The molecule has 220 valence electrons. The maximum atomic E-state index is 14.2. The minimum absolute atomic E-state index is 0.0251. The predicted octanol–water partition coefficient (Wildman–Crippen LogP) is 6.78. The lowest BCUT2D eigenvalue weighted by molar-refractivity contribution is 0.0670. The van der Waals surface area contributed by atoms with E-state index in [-0.39, 0.29) is 18.0 Å². The van der Waals surface area contributed by atoms with Crippen molar-refractivity contribution < 1.29 is 23.4 Å². The van der Waals surface area contributed by atoms with Crippen molar-refractivity contribution in [3.63, 3.8) is 0 Å². The number of likely N-dealkylation sites (tertiary alicyclic amines) is 1. The Bertz CT molecular complexity index is 1320. The molecule has 1 fully saturated rings. The number of hydrogen-bond donors (Lipinski definition) is 2. The molecule has 7 heteroatoms. The fourth-order valence-electron chi connectivity index (χ4n) is 5.55. The fourth-order valence-corrected chi connectivity index (χ4v) is 5.55. The molecule has 1 heterocycles. The van der Waals surface area contributed by atoms with Gasteiger partial charge in [-0.2, -0.15) is 0 Å². The SMILES string of the molecule is C\C=C/C(=C\C(=C(/C)CC)N1CCC(CNCC(O)COc2cccc3c2C(=O)c2ccccc2-3)CC1)C(C)(F)F. The summed E-state index contributed by atoms with van der Waals surface area (Å²) in [6, 6.07) is 13.1. The standard InChI is InChI=1S/C34H42F2N2O3/c1-5-10-25(34(4,35)36)19-30(23(3)6-2)38-17-15-24(16-18-38)20-37-21-26(39)22-41-31-14-9-13-28-27-11-7-8-12-29(27)33(40)32(28)31/h5,7-14,19,24,26,37,39H,6,15-18,20-22H2,1-4H3/b10-5-,25-19+,30-23-. The van der Waals surface area contributed by atoms with E-state index in [4.69, 9.17) is 4.74 Å². The third kappa shape index (κ3) is 7.32. The van der Waals surface area contributed by atoms with Crippen molar-refractivity contribution in [3.8, 4) is 16.9 Å². The predicted molar refractivity (Wildman–Crippen MR) is 160 cm³/mol. The van der Waals surface area contributed by atoms with Crippen LogP contribution in [0.2, 0.25) is 0 Å². The molecule has 1 unspecified atom stereocenters. The first-order valence-corrected chi connectivity index (χ1v) is 14.6. The van der Waals surface area contributed by atoms with E-state index in [1.54, 1.807) is 25.1 Å². The van der Waals surface area contributed by atoms with Crippen LogP contribution in [-0.4, -0.2) is 60.6 Å². The number of rotatable bonds is 12. The number of allylic oxidation sites excluding steroid dienone is 5. The molecule has 4 rings (SSSR count). The molecule has 0 spiro atoms. The normalized spacial score (nSPS) is 17.5. The van der Waals surface area contributed by atoms with Gasteiger partial charge in [-0.3, -0.25) is 4.79 Å². The Morgan fingerprint density at radius 3 is 2.49 bits per heavy atom. The number of aliphatic hydroxyl groups is 1. The highest BCUT2D eigenvalue weighted by Gasteiger charge is 2.30. The molecule has 5 nitrogen and oxygen atoms in total. The smallest absolute Gasteiger partial charge is 0.270 e. The maximum Gasteiger partial charge on any atom is 0.270 e. The Morgan fingerprint density at radius 1 is 1.15 bits per heavy atom. The van der Waals surface area contributed by atoms with Gasteiger partial charge in [-0.15, -0.1) is 0 Å². The number of nitrogens with one attached hydrogen (secondary N) is 1. The van der Waals surface area contributed by atoms with E-state index in [1.807, 2.05) is 43.3 Å². The van der Waals surface area contributed by atoms with Gasteiger partial charge in [-0.1, -0.05) is 61.0 Å². The summed E-state index contributed by atoms with van der Waals surface area (Å²) in [4.78, 5) is 15.2. The summed E-state index contributed by atoms with van der Waals surface area (Å²) in [5, 5.41) is 13.9. The highest BCUT2D eigenvalue weighted by atomic mass is 19.3. The van der Waals surface area contributed by atoms with Crippen molar-refractivity contribution in [1.29, 1.82) is 0 Å². The number of aliphatic hydroxyl groups excluding tert-OH is 1. The van der Waals surface area contributed by atoms with Crippen LogP contribution in [0.1, 0.15) is 62.9 Å². The number of halogens is 2. The maximum absolute atomic E-state index is 14.2. The van der Waals surface area contributed by atoms with E-state index in [1.165, 1.54) is 6.08 Å². The number of ether oxygens (including phenoxy) is 1. The van der Waals surface area contributed by atoms with Crippen LogP contribution in [0.5, 0.6) is 5.75 Å². The van der Waals surface area contributed by atoms with Crippen molar-refractivity contribution in [2.24, 2.45) is 5.92 Å². The number of fused-ring (bicyclic) bond motifs is 3. The lowest BCUT2D eigenvalue weighted by Crippen LogP contribution is -2.39. The molecule has 2 aromatic carbocycles. The average molecular weight is 565 g/mol. The molecule has 0 amide bonds. The molecule has 2 N–H and O–H groups in total. The highest BCUT2D eigenvalue weighted by Crippen LogP contribution is 2.41. The molecule has 1 atom stereocenters. The largest absolute Gasteiger partial charge is 0.490 e. The van der Waals surface area contributed by atoms with Crippen LogP contribution in [0.25, 0.3) is 11.1 Å². The Hall–Kier alpha value is -3.29. The Kier molecular flexibility index (Phi) is 10.2. The van der Waals surface area contributed by atoms with E-state index in [0.717, 1.165) is 68.2 Å². The quantitative estimate of drug-likeness (QED) is 0.238. The van der Waals surface area contributed by atoms with E-state index < -0.39 is 12.0 Å². The summed E-state index contributed by atoms with van der Waals surface area (Å²) in [5.41, 5.74) is 5.04. The molecule has 1 aliphatic heterocycles. The fraction of sp³-hybridized carbons (Fsp3) is 0.441. The van der Waals surface area contributed by atoms with Gasteiger partial charge in [-0.25, -0.2) is 8.78 Å². The van der Waals surface area contributed by atoms with Gasteiger partial charge in [0.05, 0.1) is 5.56 Å². The van der Waals surface area contributed by atoms with Crippen molar-refractivity contribution in [3.05, 3.63) is 88.7 Å². The number of ketones is 1. The first-order chi connectivity index (χ1) is 19.6. The van der Waals surface area contributed by atoms with Gasteiger partial charge in [0, 0.05) is 43.4 Å². The van der Waals surface area contributed by atoms with E-state index in [0.29, 0.717) is 29.3 Å². The Balaban J connectivity index is 1.26. The van der Waals surface area contributed by atoms with Gasteiger partial charge in [0.25, 0.3) is 5.92 Å². The number of alkyl halides is 2. The first-order valence-electron chi connectivity index (χ1n) is 14.6. The van der Waals surface area contributed by atoms with Gasteiger partial charge in [0.2, 0.25) is 0 Å². The number of carbonyl (C=O) groups excluding carboxylic acids is 1. The number of benzene rings is 2. The van der Waals surface area contributed by atoms with Crippen LogP contribution in [0.4, 0.5) is 8.78 Å². The lowest BCUT2D eigenvalue weighted by atomic mass is 9.95. The van der Waals surface area contributed by atoms with Crippen LogP contribution < -0.4 is 10.1 Å². The van der Waals surface area contributed by atoms with Crippen LogP contribution in [0, 0.1) is 5.92 Å².